The summed E-state index contributed by atoms with van der Waals surface area (Å²) in [6, 6.07) is 3.89. The van der Waals surface area contributed by atoms with Gasteiger partial charge in [0, 0.05) is 6.04 Å². The molecular weight excluding hydrogens is 261 g/mol. The average Bonchev–Trinajstić information content (AvgIpc) is 2.43. The second-order valence-corrected chi connectivity index (χ2v) is 5.08. The fraction of sp³-hybridized carbons (Fsp3) is 0.500. The van der Waals surface area contributed by atoms with Gasteiger partial charge in [-0.1, -0.05) is 6.42 Å². The molecule has 0 spiro atoms. The molecule has 0 radical (unpaired) electrons. The van der Waals surface area contributed by atoms with E-state index in [-0.39, 0.29) is 30.8 Å². The standard InChI is InChI=1S/C14H20FN3O2/c15-10-4-5-12(16)13(7-10)17-14(20)8-18-6-2-1-3-11(18)9-19/h4-5,7,11,19H,1-3,6,8-9,16H2,(H,17,20). The first-order chi connectivity index (χ1) is 9.60. The Bertz CT molecular complexity index is 481. The van der Waals surface area contributed by atoms with E-state index in [1.807, 2.05) is 4.90 Å². The minimum Gasteiger partial charge on any atom is -0.397 e. The molecule has 1 aromatic carbocycles. The minimum absolute atomic E-state index is 0.0272. The molecule has 0 aromatic heterocycles. The van der Waals surface area contributed by atoms with E-state index < -0.39 is 5.82 Å². The number of nitrogens with zero attached hydrogens (tertiary/aromatic N) is 1. The molecule has 1 atom stereocenters. The van der Waals surface area contributed by atoms with Crippen LogP contribution in [0.15, 0.2) is 18.2 Å². The number of likely N-dealkylation sites (tertiary alicyclic amines) is 1. The Morgan fingerprint density at radius 1 is 1.50 bits per heavy atom. The number of carbonyl (C=O) groups is 1. The highest BCUT2D eigenvalue weighted by molar-refractivity contribution is 5.95. The fourth-order valence-electron chi connectivity index (χ4n) is 2.49. The number of benzene rings is 1. The molecule has 1 amide bonds. The number of carbonyl (C=O) groups excluding carboxylic acids is 1. The average molecular weight is 281 g/mol. The van der Waals surface area contributed by atoms with Gasteiger partial charge in [-0.2, -0.15) is 0 Å². The van der Waals surface area contributed by atoms with E-state index in [2.05, 4.69) is 5.32 Å². The monoisotopic (exact) mass is 281 g/mol. The van der Waals surface area contributed by atoms with Crippen molar-refractivity contribution < 1.29 is 14.3 Å². The quantitative estimate of drug-likeness (QED) is 0.724. The number of aliphatic hydroxyl groups excluding tert-OH is 1. The summed E-state index contributed by atoms with van der Waals surface area (Å²) in [6.07, 6.45) is 2.98. The molecule has 0 saturated carbocycles. The SMILES string of the molecule is Nc1ccc(F)cc1NC(=O)CN1CCCCC1CO. The number of nitrogens with two attached hydrogens (primary N) is 1. The zero-order valence-corrected chi connectivity index (χ0v) is 11.3. The number of amides is 1. The lowest BCUT2D eigenvalue weighted by Crippen LogP contribution is -2.45. The van der Waals surface area contributed by atoms with Gasteiger partial charge in [-0.3, -0.25) is 9.69 Å². The molecule has 5 nitrogen and oxygen atoms in total. The molecule has 20 heavy (non-hydrogen) atoms. The van der Waals surface area contributed by atoms with Crippen LogP contribution in [-0.2, 0) is 4.79 Å². The van der Waals surface area contributed by atoms with Gasteiger partial charge in [-0.05, 0) is 37.6 Å². The number of anilines is 2. The smallest absolute Gasteiger partial charge is 0.238 e. The lowest BCUT2D eigenvalue weighted by molar-refractivity contribution is -0.118. The number of piperidine rings is 1. The summed E-state index contributed by atoms with van der Waals surface area (Å²) in [5, 5.41) is 11.9. The Morgan fingerprint density at radius 3 is 3.05 bits per heavy atom. The molecule has 6 heteroatoms. The van der Waals surface area contributed by atoms with Crippen molar-refractivity contribution in [3.05, 3.63) is 24.0 Å². The largest absolute Gasteiger partial charge is 0.397 e. The Kier molecular flexibility index (Phi) is 4.92. The van der Waals surface area contributed by atoms with Gasteiger partial charge in [0.25, 0.3) is 0 Å². The molecule has 1 aliphatic heterocycles. The van der Waals surface area contributed by atoms with Crippen LogP contribution in [0.25, 0.3) is 0 Å². The van der Waals surface area contributed by atoms with Crippen LogP contribution in [0.2, 0.25) is 0 Å². The first-order valence-corrected chi connectivity index (χ1v) is 6.80. The Balaban J connectivity index is 1.96. The summed E-state index contributed by atoms with van der Waals surface area (Å²) in [5.41, 5.74) is 6.30. The van der Waals surface area contributed by atoms with E-state index in [0.717, 1.165) is 25.8 Å². The van der Waals surface area contributed by atoms with Crippen LogP contribution in [0.3, 0.4) is 0 Å². The lowest BCUT2D eigenvalue weighted by Gasteiger charge is -2.33. The highest BCUT2D eigenvalue weighted by Gasteiger charge is 2.23. The van der Waals surface area contributed by atoms with Crippen LogP contribution >= 0.6 is 0 Å². The second-order valence-electron chi connectivity index (χ2n) is 5.08. The summed E-state index contributed by atoms with van der Waals surface area (Å²) < 4.78 is 13.1. The maximum atomic E-state index is 13.1. The third kappa shape index (κ3) is 3.68. The number of nitrogens with one attached hydrogen (secondary N) is 1. The number of rotatable bonds is 4. The van der Waals surface area contributed by atoms with E-state index in [0.29, 0.717) is 5.69 Å². The molecule has 1 unspecified atom stereocenters. The molecule has 4 N–H and O–H groups in total. The van der Waals surface area contributed by atoms with Gasteiger partial charge in [0.15, 0.2) is 0 Å². The zero-order chi connectivity index (χ0) is 14.5. The molecule has 2 rings (SSSR count). The lowest BCUT2D eigenvalue weighted by atomic mass is 10.0. The number of hydrogen-bond donors (Lipinski definition) is 3. The van der Waals surface area contributed by atoms with E-state index >= 15 is 0 Å². The minimum atomic E-state index is -0.444. The van der Waals surface area contributed by atoms with Gasteiger partial charge in [-0.25, -0.2) is 4.39 Å². The van der Waals surface area contributed by atoms with Crippen molar-refractivity contribution in [3.8, 4) is 0 Å². The number of nitrogen functional groups attached to an aromatic ring is 1. The van der Waals surface area contributed by atoms with Gasteiger partial charge in [0.1, 0.15) is 5.82 Å². The normalized spacial score (nSPS) is 19.8. The van der Waals surface area contributed by atoms with E-state index in [1.54, 1.807) is 0 Å². The van der Waals surface area contributed by atoms with Crippen LogP contribution in [-0.4, -0.2) is 41.7 Å². The van der Waals surface area contributed by atoms with Crippen LogP contribution < -0.4 is 11.1 Å². The molecule has 0 aliphatic carbocycles. The predicted molar refractivity (Wildman–Crippen MR) is 75.7 cm³/mol. The van der Waals surface area contributed by atoms with Gasteiger partial charge in [-0.15, -0.1) is 0 Å². The van der Waals surface area contributed by atoms with Crippen LogP contribution in [0.1, 0.15) is 19.3 Å². The first kappa shape index (κ1) is 14.7. The topological polar surface area (TPSA) is 78.6 Å². The molecule has 1 fully saturated rings. The molecular formula is C14H20FN3O2. The summed E-state index contributed by atoms with van der Waals surface area (Å²) in [6.45, 7) is 1.02. The maximum Gasteiger partial charge on any atom is 0.238 e. The van der Waals surface area contributed by atoms with Crippen LogP contribution in [0.5, 0.6) is 0 Å². The molecule has 1 saturated heterocycles. The molecule has 1 heterocycles. The predicted octanol–water partition coefficient (Wildman–Crippen LogP) is 1.19. The zero-order valence-electron chi connectivity index (χ0n) is 11.3. The Labute approximate surface area is 117 Å². The molecule has 1 aromatic rings. The molecule has 1 aliphatic rings. The Hall–Kier alpha value is -1.66. The summed E-state index contributed by atoms with van der Waals surface area (Å²) in [4.78, 5) is 13.9. The fourth-order valence-corrected chi connectivity index (χ4v) is 2.49. The van der Waals surface area contributed by atoms with Gasteiger partial charge < -0.3 is 16.2 Å². The highest BCUT2D eigenvalue weighted by atomic mass is 19.1. The number of halogens is 1. The number of hydrogen-bond acceptors (Lipinski definition) is 4. The van der Waals surface area contributed by atoms with Crippen molar-refractivity contribution in [1.29, 1.82) is 0 Å². The van der Waals surface area contributed by atoms with E-state index in [4.69, 9.17) is 5.73 Å². The highest BCUT2D eigenvalue weighted by Crippen LogP contribution is 2.20. The van der Waals surface area contributed by atoms with Crippen molar-refractivity contribution in [2.45, 2.75) is 25.3 Å². The molecule has 110 valence electrons. The summed E-state index contributed by atoms with van der Waals surface area (Å²) >= 11 is 0. The van der Waals surface area contributed by atoms with Crippen molar-refractivity contribution >= 4 is 17.3 Å². The summed E-state index contributed by atoms with van der Waals surface area (Å²) in [7, 11) is 0. The van der Waals surface area contributed by atoms with Crippen molar-refractivity contribution in [1.82, 2.24) is 4.90 Å². The van der Waals surface area contributed by atoms with Gasteiger partial charge in [0.2, 0.25) is 5.91 Å². The third-order valence-electron chi connectivity index (χ3n) is 3.60. The second kappa shape index (κ2) is 6.67. The third-order valence-corrected chi connectivity index (χ3v) is 3.60. The van der Waals surface area contributed by atoms with Gasteiger partial charge >= 0.3 is 0 Å². The van der Waals surface area contributed by atoms with Gasteiger partial charge in [0.05, 0.1) is 24.5 Å². The van der Waals surface area contributed by atoms with Crippen molar-refractivity contribution in [3.63, 3.8) is 0 Å². The van der Waals surface area contributed by atoms with Crippen LogP contribution in [0, 0.1) is 5.82 Å². The van der Waals surface area contributed by atoms with Crippen LogP contribution in [0.4, 0.5) is 15.8 Å². The van der Waals surface area contributed by atoms with Crippen molar-refractivity contribution in [2.24, 2.45) is 0 Å². The Morgan fingerprint density at radius 2 is 2.30 bits per heavy atom. The number of aliphatic hydroxyl groups is 1. The van der Waals surface area contributed by atoms with E-state index in [9.17, 15) is 14.3 Å². The summed E-state index contributed by atoms with van der Waals surface area (Å²) in [5.74, 6) is -0.691. The maximum absolute atomic E-state index is 13.1. The van der Waals surface area contributed by atoms with E-state index in [1.165, 1.54) is 18.2 Å². The first-order valence-electron chi connectivity index (χ1n) is 6.80. The molecule has 0 bridgehead atoms. The van der Waals surface area contributed by atoms with Crippen molar-refractivity contribution in [2.75, 3.05) is 30.7 Å².